The number of hydrogen-bond acceptors (Lipinski definition) is 1. The first-order valence-corrected chi connectivity index (χ1v) is 23.1. The molecule has 0 aliphatic heterocycles. The van der Waals surface area contributed by atoms with Crippen LogP contribution < -0.4 is 4.90 Å². The van der Waals surface area contributed by atoms with Crippen LogP contribution in [0, 0.1) is 0 Å². The summed E-state index contributed by atoms with van der Waals surface area (Å²) in [5.41, 5.74) is 27.0. The minimum Gasteiger partial charge on any atom is -0.310 e. The van der Waals surface area contributed by atoms with E-state index in [9.17, 15) is 0 Å². The number of fused-ring (bicyclic) bond motifs is 13. The summed E-state index contributed by atoms with van der Waals surface area (Å²) < 4.78 is 0. The van der Waals surface area contributed by atoms with Crippen LogP contribution in [0.25, 0.3) is 61.2 Å². The third-order valence-corrected chi connectivity index (χ3v) is 14.9. The van der Waals surface area contributed by atoms with Crippen molar-refractivity contribution in [3.63, 3.8) is 0 Å². The molecule has 0 N–H and O–H groups in total. The molecule has 0 bridgehead atoms. The van der Waals surface area contributed by atoms with Crippen molar-refractivity contribution in [2.24, 2.45) is 0 Å². The fraction of sp³-hybridized carbons (Fsp3) is 0.0938. The molecule has 308 valence electrons. The van der Waals surface area contributed by atoms with Gasteiger partial charge < -0.3 is 4.90 Å². The van der Waals surface area contributed by atoms with E-state index in [0.29, 0.717) is 0 Å². The average molecular weight is 830 g/mol. The van der Waals surface area contributed by atoms with Gasteiger partial charge in [-0.1, -0.05) is 196 Å². The van der Waals surface area contributed by atoms with Crippen molar-refractivity contribution in [3.8, 4) is 55.6 Å². The Balaban J connectivity index is 1.02. The molecule has 0 saturated carbocycles. The second-order valence-electron chi connectivity index (χ2n) is 18.7. The van der Waals surface area contributed by atoms with Crippen LogP contribution in [0.2, 0.25) is 0 Å². The Morgan fingerprint density at radius 1 is 0.369 bits per heavy atom. The lowest BCUT2D eigenvalue weighted by Crippen LogP contribution is -2.27. The summed E-state index contributed by atoms with van der Waals surface area (Å²) in [6.07, 6.45) is 6.99. The summed E-state index contributed by atoms with van der Waals surface area (Å²) in [6.45, 7) is 4.88. The molecule has 9 aromatic carbocycles. The van der Waals surface area contributed by atoms with Gasteiger partial charge in [-0.25, -0.2) is 0 Å². The molecule has 65 heavy (non-hydrogen) atoms. The van der Waals surface area contributed by atoms with Crippen LogP contribution in [0.3, 0.4) is 0 Å². The standard InChI is InChI=1S/C64H47N/c1-63(2)58-36-37-59-62(53-26-14-17-29-57(53)64(59)55-27-15-12-24-51(55)52-25-13-16-28-56(52)64)61(58)54-35-34-49(41-60(54)63)65(48-32-30-45(31-33-48)42-18-6-3-7-19-42)50-39-46(43-20-8-4-9-21-43)38-47(40-50)44-22-10-5-11-23-44/h3-13,15-25,27-41H,14,26H2,1-2H3. The molecule has 1 heteroatoms. The van der Waals surface area contributed by atoms with E-state index in [1.54, 1.807) is 0 Å². The second kappa shape index (κ2) is 14.4. The maximum absolute atomic E-state index is 2.51. The van der Waals surface area contributed by atoms with E-state index in [-0.39, 0.29) is 10.8 Å². The SMILES string of the molecule is CC1(C)c2cc(N(c3ccc(-c4ccccc4)cc3)c3cc(-c4ccccc4)cc(-c4ccccc4)c3)ccc2-c2c1ccc1c2C2=C(C=CCC2)C12c1ccccc1-c1ccccc12. The van der Waals surface area contributed by atoms with Gasteiger partial charge in [-0.05, 0) is 155 Å². The summed E-state index contributed by atoms with van der Waals surface area (Å²) in [5, 5.41) is 0. The van der Waals surface area contributed by atoms with Crippen molar-refractivity contribution >= 4 is 22.6 Å². The van der Waals surface area contributed by atoms with Crippen molar-refractivity contribution in [2.45, 2.75) is 37.5 Å². The summed E-state index contributed by atoms with van der Waals surface area (Å²) in [6, 6.07) is 79.2. The summed E-state index contributed by atoms with van der Waals surface area (Å²) in [5.74, 6) is 0. The first-order chi connectivity index (χ1) is 32.0. The third kappa shape index (κ3) is 5.52. The second-order valence-corrected chi connectivity index (χ2v) is 18.7. The van der Waals surface area contributed by atoms with Crippen molar-refractivity contribution in [1.29, 1.82) is 0 Å². The van der Waals surface area contributed by atoms with E-state index in [1.807, 2.05) is 0 Å². The molecule has 0 heterocycles. The average Bonchev–Trinajstić information content (AvgIpc) is 3.93. The van der Waals surface area contributed by atoms with Gasteiger partial charge in [0.05, 0.1) is 5.41 Å². The highest BCUT2D eigenvalue weighted by Gasteiger charge is 2.54. The molecule has 9 aromatic rings. The zero-order chi connectivity index (χ0) is 43.3. The molecule has 1 nitrogen and oxygen atoms in total. The summed E-state index contributed by atoms with van der Waals surface area (Å²) in [7, 11) is 0. The van der Waals surface area contributed by atoms with Crippen LogP contribution in [0.5, 0.6) is 0 Å². The normalized spacial score (nSPS) is 15.2. The quantitative estimate of drug-likeness (QED) is 0.161. The van der Waals surface area contributed by atoms with Crippen LogP contribution in [-0.2, 0) is 10.8 Å². The first kappa shape index (κ1) is 37.8. The summed E-state index contributed by atoms with van der Waals surface area (Å²) in [4.78, 5) is 2.48. The minimum atomic E-state index is -0.334. The lowest BCUT2D eigenvalue weighted by Gasteiger charge is -2.32. The van der Waals surface area contributed by atoms with Crippen LogP contribution in [0.4, 0.5) is 17.1 Å². The Bertz CT molecular complexity index is 3320. The number of rotatable bonds is 6. The summed E-state index contributed by atoms with van der Waals surface area (Å²) >= 11 is 0. The Morgan fingerprint density at radius 3 is 1.51 bits per heavy atom. The number of anilines is 3. The highest BCUT2D eigenvalue weighted by Crippen LogP contribution is 2.66. The number of benzene rings is 9. The van der Waals surface area contributed by atoms with E-state index in [0.717, 1.165) is 29.9 Å². The topological polar surface area (TPSA) is 3.24 Å². The van der Waals surface area contributed by atoms with Crippen molar-refractivity contribution in [2.75, 3.05) is 4.90 Å². The lowest BCUT2D eigenvalue weighted by atomic mass is 9.68. The molecule has 13 rings (SSSR count). The molecule has 1 spiro atoms. The molecule has 4 aliphatic carbocycles. The zero-order valence-corrected chi connectivity index (χ0v) is 36.7. The fourth-order valence-electron chi connectivity index (χ4n) is 12.0. The Hall–Kier alpha value is -7.74. The lowest BCUT2D eigenvalue weighted by molar-refractivity contribution is 0.659. The highest BCUT2D eigenvalue weighted by atomic mass is 15.1. The van der Waals surface area contributed by atoms with Crippen LogP contribution in [-0.4, -0.2) is 0 Å². The zero-order valence-electron chi connectivity index (χ0n) is 36.7. The maximum Gasteiger partial charge on any atom is 0.0722 e. The van der Waals surface area contributed by atoms with Gasteiger partial charge >= 0.3 is 0 Å². The molecule has 0 saturated heterocycles. The van der Waals surface area contributed by atoms with E-state index < -0.39 is 0 Å². The van der Waals surface area contributed by atoms with Crippen molar-refractivity contribution < 1.29 is 0 Å². The third-order valence-electron chi connectivity index (χ3n) is 14.9. The Morgan fingerprint density at radius 2 is 0.892 bits per heavy atom. The molecular formula is C64H47N. The largest absolute Gasteiger partial charge is 0.310 e. The molecular weight excluding hydrogens is 783 g/mol. The molecule has 0 aromatic heterocycles. The fourth-order valence-corrected chi connectivity index (χ4v) is 12.0. The van der Waals surface area contributed by atoms with Crippen LogP contribution in [0.15, 0.2) is 230 Å². The van der Waals surface area contributed by atoms with E-state index in [1.165, 1.54) is 100 Å². The maximum atomic E-state index is 2.51. The number of nitrogens with zero attached hydrogens (tertiary/aromatic N) is 1. The minimum absolute atomic E-state index is 0.230. The van der Waals surface area contributed by atoms with Gasteiger partial charge in [0.15, 0.2) is 0 Å². The molecule has 0 unspecified atom stereocenters. The molecule has 0 amide bonds. The smallest absolute Gasteiger partial charge is 0.0722 e. The first-order valence-electron chi connectivity index (χ1n) is 23.1. The van der Waals surface area contributed by atoms with Gasteiger partial charge in [0, 0.05) is 22.5 Å². The Labute approximate surface area is 382 Å². The van der Waals surface area contributed by atoms with Gasteiger partial charge in [0.2, 0.25) is 0 Å². The number of hydrogen-bond donors (Lipinski definition) is 0. The molecule has 0 radical (unpaired) electrons. The van der Waals surface area contributed by atoms with Gasteiger partial charge in [0.1, 0.15) is 0 Å². The highest BCUT2D eigenvalue weighted by molar-refractivity contribution is 6.03. The predicted octanol–water partition coefficient (Wildman–Crippen LogP) is 16.9. The van der Waals surface area contributed by atoms with Gasteiger partial charge in [0.25, 0.3) is 0 Å². The monoisotopic (exact) mass is 829 g/mol. The van der Waals surface area contributed by atoms with Crippen molar-refractivity contribution in [1.82, 2.24) is 0 Å². The Kier molecular flexibility index (Phi) is 8.37. The van der Waals surface area contributed by atoms with Crippen LogP contribution >= 0.6 is 0 Å². The van der Waals surface area contributed by atoms with E-state index >= 15 is 0 Å². The number of allylic oxidation sites excluding steroid dienone is 4. The van der Waals surface area contributed by atoms with Crippen LogP contribution in [0.1, 0.15) is 60.1 Å². The van der Waals surface area contributed by atoms with Gasteiger partial charge in [-0.15, -0.1) is 0 Å². The predicted molar refractivity (Wildman–Crippen MR) is 272 cm³/mol. The van der Waals surface area contributed by atoms with E-state index in [4.69, 9.17) is 0 Å². The van der Waals surface area contributed by atoms with Crippen molar-refractivity contribution in [3.05, 3.63) is 263 Å². The van der Waals surface area contributed by atoms with E-state index in [2.05, 4.69) is 243 Å². The van der Waals surface area contributed by atoms with Gasteiger partial charge in [-0.3, -0.25) is 0 Å². The molecule has 0 atom stereocenters. The molecule has 0 fully saturated rings. The molecule has 4 aliphatic rings. The van der Waals surface area contributed by atoms with Gasteiger partial charge in [-0.2, -0.15) is 0 Å².